The zero-order chi connectivity index (χ0) is 18.1. The standard InChI is InChI=1S/C21H24N2O2/c1-14-8-7-11-19(16(14)3)22(17(4)24)13-21(25)23-15(2)12-18-9-5-6-10-20(18)23/h5-11,15H,12-13H2,1-4H3. The van der Waals surface area contributed by atoms with Crippen molar-refractivity contribution in [3.05, 3.63) is 59.2 Å². The van der Waals surface area contributed by atoms with E-state index in [4.69, 9.17) is 0 Å². The van der Waals surface area contributed by atoms with Crippen LogP contribution in [-0.4, -0.2) is 24.4 Å². The number of nitrogens with zero attached hydrogens (tertiary/aromatic N) is 2. The highest BCUT2D eigenvalue weighted by Crippen LogP contribution is 2.32. The molecule has 2 aromatic rings. The average Bonchev–Trinajstić information content (AvgIpc) is 2.91. The zero-order valence-corrected chi connectivity index (χ0v) is 15.2. The second-order valence-electron chi connectivity index (χ2n) is 6.77. The third kappa shape index (κ3) is 3.16. The average molecular weight is 336 g/mol. The molecule has 0 spiro atoms. The van der Waals surface area contributed by atoms with Gasteiger partial charge in [-0.2, -0.15) is 0 Å². The molecular weight excluding hydrogens is 312 g/mol. The molecule has 1 atom stereocenters. The Balaban J connectivity index is 1.90. The van der Waals surface area contributed by atoms with Gasteiger partial charge >= 0.3 is 0 Å². The minimum absolute atomic E-state index is 0.0476. The largest absolute Gasteiger partial charge is 0.307 e. The van der Waals surface area contributed by atoms with Gasteiger partial charge in [0.1, 0.15) is 6.54 Å². The molecule has 1 unspecified atom stereocenters. The van der Waals surface area contributed by atoms with Gasteiger partial charge in [0, 0.05) is 24.3 Å². The van der Waals surface area contributed by atoms with Crippen LogP contribution in [0.15, 0.2) is 42.5 Å². The van der Waals surface area contributed by atoms with E-state index in [-0.39, 0.29) is 24.4 Å². The van der Waals surface area contributed by atoms with Crippen LogP contribution in [0.3, 0.4) is 0 Å². The van der Waals surface area contributed by atoms with Gasteiger partial charge in [0.2, 0.25) is 11.8 Å². The number of para-hydroxylation sites is 1. The summed E-state index contributed by atoms with van der Waals surface area (Å²) in [6.07, 6.45) is 0.853. The van der Waals surface area contributed by atoms with E-state index in [0.29, 0.717) is 0 Å². The van der Waals surface area contributed by atoms with Crippen molar-refractivity contribution >= 4 is 23.2 Å². The van der Waals surface area contributed by atoms with Crippen LogP contribution in [0.4, 0.5) is 11.4 Å². The van der Waals surface area contributed by atoms with Gasteiger partial charge in [0.25, 0.3) is 0 Å². The quantitative estimate of drug-likeness (QED) is 0.859. The van der Waals surface area contributed by atoms with Crippen LogP contribution in [0.1, 0.15) is 30.5 Å². The van der Waals surface area contributed by atoms with Gasteiger partial charge < -0.3 is 9.80 Å². The van der Waals surface area contributed by atoms with E-state index in [2.05, 4.69) is 6.07 Å². The second-order valence-corrected chi connectivity index (χ2v) is 6.77. The molecule has 4 heteroatoms. The summed E-state index contributed by atoms with van der Waals surface area (Å²) in [7, 11) is 0. The summed E-state index contributed by atoms with van der Waals surface area (Å²) in [5.41, 5.74) is 5.09. The molecule has 1 heterocycles. The lowest BCUT2D eigenvalue weighted by atomic mass is 10.1. The van der Waals surface area contributed by atoms with E-state index in [1.807, 2.05) is 62.1 Å². The van der Waals surface area contributed by atoms with Crippen molar-refractivity contribution in [1.29, 1.82) is 0 Å². The molecule has 0 aromatic heterocycles. The lowest BCUT2D eigenvalue weighted by molar-refractivity contribution is -0.121. The molecule has 0 N–H and O–H groups in total. The number of fused-ring (bicyclic) bond motifs is 1. The predicted molar refractivity (Wildman–Crippen MR) is 101 cm³/mol. The normalized spacial score (nSPS) is 15.8. The summed E-state index contributed by atoms with van der Waals surface area (Å²) in [6, 6.07) is 13.9. The fourth-order valence-electron chi connectivity index (χ4n) is 3.55. The van der Waals surface area contributed by atoms with Crippen molar-refractivity contribution in [2.45, 2.75) is 40.2 Å². The number of hydrogen-bond donors (Lipinski definition) is 0. The Morgan fingerprint density at radius 1 is 1.12 bits per heavy atom. The zero-order valence-electron chi connectivity index (χ0n) is 15.2. The maximum Gasteiger partial charge on any atom is 0.247 e. The summed E-state index contributed by atoms with van der Waals surface area (Å²) in [6.45, 7) is 7.61. The highest BCUT2D eigenvalue weighted by molar-refractivity contribution is 6.04. The van der Waals surface area contributed by atoms with Crippen molar-refractivity contribution in [2.24, 2.45) is 0 Å². The van der Waals surface area contributed by atoms with Crippen molar-refractivity contribution in [2.75, 3.05) is 16.3 Å². The first-order chi connectivity index (χ1) is 11.9. The molecule has 1 aliphatic heterocycles. The smallest absolute Gasteiger partial charge is 0.247 e. The van der Waals surface area contributed by atoms with Gasteiger partial charge in [-0.15, -0.1) is 0 Å². The van der Waals surface area contributed by atoms with E-state index in [0.717, 1.165) is 28.9 Å². The fraction of sp³-hybridized carbons (Fsp3) is 0.333. The van der Waals surface area contributed by atoms with E-state index in [9.17, 15) is 9.59 Å². The molecule has 3 rings (SSSR count). The molecule has 0 saturated heterocycles. The Morgan fingerprint density at radius 3 is 2.56 bits per heavy atom. The summed E-state index contributed by atoms with van der Waals surface area (Å²) < 4.78 is 0. The molecule has 4 nitrogen and oxygen atoms in total. The van der Waals surface area contributed by atoms with Crippen LogP contribution >= 0.6 is 0 Å². The number of rotatable bonds is 3. The second kappa shape index (κ2) is 6.71. The van der Waals surface area contributed by atoms with Gasteiger partial charge in [0.05, 0.1) is 0 Å². The summed E-state index contributed by atoms with van der Waals surface area (Å²) in [4.78, 5) is 28.7. The Kier molecular flexibility index (Phi) is 4.62. The Bertz CT molecular complexity index is 828. The minimum Gasteiger partial charge on any atom is -0.307 e. The lowest BCUT2D eigenvalue weighted by Crippen LogP contribution is -2.45. The number of carbonyl (C=O) groups excluding carboxylic acids is 2. The fourth-order valence-corrected chi connectivity index (χ4v) is 3.55. The molecular formula is C21H24N2O2. The molecule has 2 amide bonds. The summed E-state index contributed by atoms with van der Waals surface area (Å²) in [5.74, 6) is -0.171. The van der Waals surface area contributed by atoms with Crippen LogP contribution in [0.5, 0.6) is 0 Å². The Hall–Kier alpha value is -2.62. The number of aryl methyl sites for hydroxylation is 1. The molecule has 0 radical (unpaired) electrons. The van der Waals surface area contributed by atoms with Crippen molar-refractivity contribution in [3.63, 3.8) is 0 Å². The number of carbonyl (C=O) groups is 2. The molecule has 2 aromatic carbocycles. The molecule has 0 aliphatic carbocycles. The first-order valence-corrected chi connectivity index (χ1v) is 8.64. The monoisotopic (exact) mass is 336 g/mol. The van der Waals surface area contributed by atoms with Crippen molar-refractivity contribution in [3.8, 4) is 0 Å². The SMILES string of the molecule is CC(=O)N(CC(=O)N1c2ccccc2CC1C)c1cccc(C)c1C. The summed E-state index contributed by atoms with van der Waals surface area (Å²) in [5, 5.41) is 0. The first kappa shape index (κ1) is 17.2. The molecule has 0 bridgehead atoms. The molecule has 1 aliphatic rings. The van der Waals surface area contributed by atoms with Crippen molar-refractivity contribution in [1.82, 2.24) is 0 Å². The van der Waals surface area contributed by atoms with Gasteiger partial charge in [-0.1, -0.05) is 30.3 Å². The van der Waals surface area contributed by atoms with Gasteiger partial charge in [-0.3, -0.25) is 9.59 Å². The van der Waals surface area contributed by atoms with Crippen LogP contribution in [0.25, 0.3) is 0 Å². The van der Waals surface area contributed by atoms with Crippen LogP contribution in [0.2, 0.25) is 0 Å². The van der Waals surface area contributed by atoms with Gasteiger partial charge in [-0.05, 0) is 56.0 Å². The maximum absolute atomic E-state index is 13.0. The first-order valence-electron chi connectivity index (χ1n) is 8.64. The molecule has 0 fully saturated rings. The Labute approximate surface area is 149 Å². The van der Waals surface area contributed by atoms with Crippen molar-refractivity contribution < 1.29 is 9.59 Å². The van der Waals surface area contributed by atoms with Gasteiger partial charge in [-0.25, -0.2) is 0 Å². The molecule has 25 heavy (non-hydrogen) atoms. The van der Waals surface area contributed by atoms with E-state index in [1.165, 1.54) is 12.5 Å². The molecule has 130 valence electrons. The third-order valence-corrected chi connectivity index (χ3v) is 5.02. The van der Waals surface area contributed by atoms with E-state index in [1.54, 1.807) is 4.90 Å². The number of hydrogen-bond acceptors (Lipinski definition) is 2. The van der Waals surface area contributed by atoms with E-state index >= 15 is 0 Å². The van der Waals surface area contributed by atoms with E-state index < -0.39 is 0 Å². The number of amides is 2. The third-order valence-electron chi connectivity index (χ3n) is 5.02. The maximum atomic E-state index is 13.0. The minimum atomic E-state index is -0.123. The van der Waals surface area contributed by atoms with Crippen LogP contribution in [-0.2, 0) is 16.0 Å². The highest BCUT2D eigenvalue weighted by Gasteiger charge is 2.32. The number of benzene rings is 2. The predicted octanol–water partition coefficient (Wildman–Crippen LogP) is 3.63. The van der Waals surface area contributed by atoms with Gasteiger partial charge in [0.15, 0.2) is 0 Å². The Morgan fingerprint density at radius 2 is 1.84 bits per heavy atom. The number of anilines is 2. The highest BCUT2D eigenvalue weighted by atomic mass is 16.2. The van der Waals surface area contributed by atoms with Crippen LogP contribution in [0, 0.1) is 13.8 Å². The molecule has 0 saturated carbocycles. The lowest BCUT2D eigenvalue weighted by Gasteiger charge is -2.28. The topological polar surface area (TPSA) is 40.6 Å². The summed E-state index contributed by atoms with van der Waals surface area (Å²) >= 11 is 0. The van der Waals surface area contributed by atoms with Crippen LogP contribution < -0.4 is 9.80 Å².